The first-order chi connectivity index (χ1) is 9.25. The number of anilines is 1. The minimum absolute atomic E-state index is 0.616. The first-order valence-corrected chi connectivity index (χ1v) is 7.45. The Hall–Kier alpha value is -1.51. The van der Waals surface area contributed by atoms with Crippen LogP contribution in [0.3, 0.4) is 0 Å². The van der Waals surface area contributed by atoms with Crippen LogP contribution in [0, 0.1) is 5.92 Å². The second-order valence-corrected chi connectivity index (χ2v) is 6.29. The smallest absolute Gasteiger partial charge is 0.206 e. The molecule has 1 aliphatic heterocycles. The first-order valence-electron chi connectivity index (χ1n) is 7.45. The molecule has 0 saturated heterocycles. The van der Waals surface area contributed by atoms with Crippen molar-refractivity contribution < 1.29 is 0 Å². The summed E-state index contributed by atoms with van der Waals surface area (Å²) in [5.74, 6) is 2.00. The van der Waals surface area contributed by atoms with Gasteiger partial charge in [-0.1, -0.05) is 31.9 Å². The van der Waals surface area contributed by atoms with Crippen molar-refractivity contribution in [2.24, 2.45) is 5.92 Å². The SMILES string of the molecule is CC1CCCC2C(C1)n1c(nc3ccccc31)N2C. The quantitative estimate of drug-likeness (QED) is 0.717. The van der Waals surface area contributed by atoms with Crippen molar-refractivity contribution in [1.29, 1.82) is 0 Å². The molecule has 2 heterocycles. The standard InChI is InChI=1S/C16H21N3/c1-11-6-5-9-14-15(10-11)19-13-8-4-3-7-12(13)17-16(19)18(14)2/h3-4,7-8,11,14-15H,5-6,9-10H2,1-2H3. The largest absolute Gasteiger partial charge is 0.340 e. The molecule has 2 aliphatic rings. The Balaban J connectivity index is 1.89. The van der Waals surface area contributed by atoms with Gasteiger partial charge in [-0.25, -0.2) is 4.98 Å². The molecule has 0 bridgehead atoms. The van der Waals surface area contributed by atoms with Crippen molar-refractivity contribution in [2.75, 3.05) is 11.9 Å². The van der Waals surface area contributed by atoms with Crippen LogP contribution in [-0.4, -0.2) is 22.6 Å². The highest BCUT2D eigenvalue weighted by Crippen LogP contribution is 2.44. The van der Waals surface area contributed by atoms with Gasteiger partial charge >= 0.3 is 0 Å². The number of para-hydroxylation sites is 2. The van der Waals surface area contributed by atoms with Crippen LogP contribution in [0.4, 0.5) is 5.95 Å². The number of nitrogens with zero attached hydrogens (tertiary/aromatic N) is 3. The lowest BCUT2D eigenvalue weighted by molar-refractivity contribution is 0.392. The maximum absolute atomic E-state index is 4.84. The lowest BCUT2D eigenvalue weighted by Crippen LogP contribution is -2.31. The molecule has 0 radical (unpaired) electrons. The number of rotatable bonds is 0. The monoisotopic (exact) mass is 255 g/mol. The van der Waals surface area contributed by atoms with Gasteiger partial charge in [0.2, 0.25) is 5.95 Å². The van der Waals surface area contributed by atoms with Gasteiger partial charge in [-0.3, -0.25) is 0 Å². The topological polar surface area (TPSA) is 21.1 Å². The summed E-state index contributed by atoms with van der Waals surface area (Å²) in [6.07, 6.45) is 5.34. The summed E-state index contributed by atoms with van der Waals surface area (Å²) >= 11 is 0. The third-order valence-corrected chi connectivity index (χ3v) is 5.01. The van der Waals surface area contributed by atoms with Crippen molar-refractivity contribution in [3.63, 3.8) is 0 Å². The Kier molecular flexibility index (Phi) is 2.38. The number of hydrogen-bond donors (Lipinski definition) is 0. The summed E-state index contributed by atoms with van der Waals surface area (Å²) in [6.45, 7) is 2.40. The Morgan fingerprint density at radius 1 is 1.16 bits per heavy atom. The number of aromatic nitrogens is 2. The summed E-state index contributed by atoms with van der Waals surface area (Å²) < 4.78 is 2.50. The predicted octanol–water partition coefficient (Wildman–Crippen LogP) is 3.61. The van der Waals surface area contributed by atoms with Crippen molar-refractivity contribution in [3.8, 4) is 0 Å². The molecule has 3 atom stereocenters. The van der Waals surface area contributed by atoms with Gasteiger partial charge in [-0.05, 0) is 30.9 Å². The zero-order chi connectivity index (χ0) is 13.0. The van der Waals surface area contributed by atoms with Crippen LogP contribution in [0.5, 0.6) is 0 Å². The third kappa shape index (κ3) is 1.54. The van der Waals surface area contributed by atoms with Gasteiger partial charge in [-0.15, -0.1) is 0 Å². The van der Waals surface area contributed by atoms with E-state index in [1.54, 1.807) is 0 Å². The van der Waals surface area contributed by atoms with E-state index in [2.05, 4.69) is 47.7 Å². The first kappa shape index (κ1) is 11.3. The maximum Gasteiger partial charge on any atom is 0.206 e. The molecule has 0 N–H and O–H groups in total. The van der Waals surface area contributed by atoms with E-state index < -0.39 is 0 Å². The maximum atomic E-state index is 4.84. The molecule has 1 saturated carbocycles. The van der Waals surface area contributed by atoms with E-state index in [0.29, 0.717) is 12.1 Å². The van der Waals surface area contributed by atoms with Crippen LogP contribution in [-0.2, 0) is 0 Å². The molecular weight excluding hydrogens is 234 g/mol. The average molecular weight is 255 g/mol. The Labute approximate surface area is 114 Å². The number of hydrogen-bond acceptors (Lipinski definition) is 2. The molecule has 4 rings (SSSR count). The van der Waals surface area contributed by atoms with E-state index in [0.717, 1.165) is 11.4 Å². The highest BCUT2D eigenvalue weighted by atomic mass is 15.4. The fourth-order valence-corrected chi connectivity index (χ4v) is 4.04. The lowest BCUT2D eigenvalue weighted by Gasteiger charge is -2.24. The van der Waals surface area contributed by atoms with Crippen molar-refractivity contribution in [1.82, 2.24) is 9.55 Å². The predicted molar refractivity (Wildman–Crippen MR) is 78.6 cm³/mol. The molecule has 3 unspecified atom stereocenters. The minimum atomic E-state index is 0.616. The molecule has 100 valence electrons. The second-order valence-electron chi connectivity index (χ2n) is 6.29. The van der Waals surface area contributed by atoms with Gasteiger partial charge in [0.05, 0.1) is 23.1 Å². The van der Waals surface area contributed by atoms with Gasteiger partial charge in [-0.2, -0.15) is 0 Å². The van der Waals surface area contributed by atoms with Gasteiger partial charge in [0.1, 0.15) is 0 Å². The highest BCUT2D eigenvalue weighted by molar-refractivity contribution is 5.80. The molecule has 3 heteroatoms. The Bertz CT molecular complexity index is 615. The van der Waals surface area contributed by atoms with Crippen LogP contribution in [0.25, 0.3) is 11.0 Å². The van der Waals surface area contributed by atoms with Crippen LogP contribution in [0.15, 0.2) is 24.3 Å². The molecule has 2 aromatic rings. The van der Waals surface area contributed by atoms with E-state index in [-0.39, 0.29) is 0 Å². The third-order valence-electron chi connectivity index (χ3n) is 5.01. The normalized spacial score (nSPS) is 30.2. The summed E-state index contributed by atoms with van der Waals surface area (Å²) in [6, 6.07) is 9.83. The highest BCUT2D eigenvalue weighted by Gasteiger charge is 2.40. The number of benzene rings is 1. The van der Waals surface area contributed by atoms with Crippen LogP contribution < -0.4 is 4.90 Å². The fraction of sp³-hybridized carbons (Fsp3) is 0.562. The fourth-order valence-electron chi connectivity index (χ4n) is 4.04. The Morgan fingerprint density at radius 2 is 2.00 bits per heavy atom. The van der Waals surface area contributed by atoms with E-state index in [4.69, 9.17) is 4.98 Å². The molecule has 1 aromatic heterocycles. The molecule has 19 heavy (non-hydrogen) atoms. The average Bonchev–Trinajstić information content (AvgIpc) is 2.82. The van der Waals surface area contributed by atoms with Crippen LogP contribution in [0.1, 0.15) is 38.6 Å². The zero-order valence-corrected chi connectivity index (χ0v) is 11.7. The second kappa shape index (κ2) is 3.99. The zero-order valence-electron chi connectivity index (χ0n) is 11.7. The number of imidazole rings is 1. The summed E-state index contributed by atoms with van der Waals surface area (Å²) in [7, 11) is 2.22. The van der Waals surface area contributed by atoms with Gasteiger partial charge < -0.3 is 9.47 Å². The molecule has 1 aromatic carbocycles. The van der Waals surface area contributed by atoms with Gasteiger partial charge in [0.15, 0.2) is 0 Å². The molecule has 3 nitrogen and oxygen atoms in total. The summed E-state index contributed by atoms with van der Waals surface area (Å²) in [5.41, 5.74) is 2.45. The van der Waals surface area contributed by atoms with Crippen LogP contribution in [0.2, 0.25) is 0 Å². The summed E-state index contributed by atoms with van der Waals surface area (Å²) in [4.78, 5) is 7.26. The van der Waals surface area contributed by atoms with E-state index >= 15 is 0 Å². The van der Waals surface area contributed by atoms with Crippen molar-refractivity contribution in [3.05, 3.63) is 24.3 Å². The Morgan fingerprint density at radius 3 is 2.89 bits per heavy atom. The lowest BCUT2D eigenvalue weighted by atomic mass is 9.98. The van der Waals surface area contributed by atoms with Gasteiger partial charge in [0, 0.05) is 7.05 Å². The van der Waals surface area contributed by atoms with E-state index in [1.165, 1.54) is 37.1 Å². The molecule has 1 aliphatic carbocycles. The molecule has 0 amide bonds. The van der Waals surface area contributed by atoms with Crippen LogP contribution >= 0.6 is 0 Å². The van der Waals surface area contributed by atoms with E-state index in [9.17, 15) is 0 Å². The number of likely N-dealkylation sites (N-methyl/N-ethyl adjacent to an activating group) is 1. The molecular formula is C16H21N3. The molecule has 0 spiro atoms. The van der Waals surface area contributed by atoms with Crippen molar-refractivity contribution in [2.45, 2.75) is 44.7 Å². The van der Waals surface area contributed by atoms with Gasteiger partial charge in [0.25, 0.3) is 0 Å². The summed E-state index contributed by atoms with van der Waals surface area (Å²) in [5, 5.41) is 0. The molecule has 1 fully saturated rings. The minimum Gasteiger partial charge on any atom is -0.340 e. The number of fused-ring (bicyclic) bond motifs is 5. The van der Waals surface area contributed by atoms with Crippen molar-refractivity contribution >= 4 is 17.0 Å². The van der Waals surface area contributed by atoms with E-state index in [1.807, 2.05) is 0 Å².